The van der Waals surface area contributed by atoms with Crippen molar-refractivity contribution in [2.24, 2.45) is 5.92 Å². The molecule has 21 heavy (non-hydrogen) atoms. The topological polar surface area (TPSA) is 50.9 Å². The standard InChI is InChI=1S/C15H21N3OS2/c1-10(2)7-18-15(16-9-17-18)6-12(19)14-5-11-8-20-4-3-13(11)21-14/h5,9-10,12,19H,3-4,6-8H2,1-2H3. The van der Waals surface area contributed by atoms with Crippen molar-refractivity contribution in [2.75, 3.05) is 5.75 Å². The van der Waals surface area contributed by atoms with Crippen LogP contribution in [-0.2, 0) is 25.1 Å². The zero-order valence-corrected chi connectivity index (χ0v) is 14.1. The number of hydrogen-bond donors (Lipinski definition) is 1. The first-order chi connectivity index (χ1) is 10.1. The number of aryl methyl sites for hydroxylation is 1. The molecule has 0 radical (unpaired) electrons. The number of hydrogen-bond acceptors (Lipinski definition) is 5. The minimum Gasteiger partial charge on any atom is -0.387 e. The minimum atomic E-state index is -0.472. The van der Waals surface area contributed by atoms with E-state index in [9.17, 15) is 5.11 Å². The highest BCUT2D eigenvalue weighted by atomic mass is 32.2. The average molecular weight is 323 g/mol. The van der Waals surface area contributed by atoms with Gasteiger partial charge in [-0.3, -0.25) is 0 Å². The Morgan fingerprint density at radius 2 is 2.29 bits per heavy atom. The van der Waals surface area contributed by atoms with E-state index in [1.165, 1.54) is 16.2 Å². The van der Waals surface area contributed by atoms with Crippen molar-refractivity contribution in [3.63, 3.8) is 0 Å². The average Bonchev–Trinajstić information content (AvgIpc) is 3.05. The van der Waals surface area contributed by atoms with Crippen molar-refractivity contribution in [1.29, 1.82) is 0 Å². The van der Waals surface area contributed by atoms with E-state index in [1.54, 1.807) is 17.7 Å². The molecule has 6 heteroatoms. The highest BCUT2D eigenvalue weighted by molar-refractivity contribution is 7.98. The van der Waals surface area contributed by atoms with Gasteiger partial charge in [0.2, 0.25) is 0 Å². The Labute approximate surface area is 133 Å². The van der Waals surface area contributed by atoms with Crippen LogP contribution in [0.1, 0.15) is 41.1 Å². The highest BCUT2D eigenvalue weighted by Gasteiger charge is 2.20. The van der Waals surface area contributed by atoms with Gasteiger partial charge in [0.1, 0.15) is 12.2 Å². The second-order valence-electron chi connectivity index (χ2n) is 5.87. The maximum absolute atomic E-state index is 10.5. The Morgan fingerprint density at radius 1 is 1.43 bits per heavy atom. The van der Waals surface area contributed by atoms with E-state index in [0.29, 0.717) is 12.3 Å². The molecule has 114 valence electrons. The zero-order chi connectivity index (χ0) is 14.8. The molecule has 1 aliphatic rings. The Balaban J connectivity index is 1.72. The lowest BCUT2D eigenvalue weighted by Gasteiger charge is -2.11. The summed E-state index contributed by atoms with van der Waals surface area (Å²) in [5.41, 5.74) is 1.41. The number of fused-ring (bicyclic) bond motifs is 1. The number of aliphatic hydroxyl groups is 1. The molecule has 0 saturated heterocycles. The predicted octanol–water partition coefficient (Wildman–Crippen LogP) is 3.06. The van der Waals surface area contributed by atoms with Crippen LogP contribution >= 0.6 is 23.1 Å². The fourth-order valence-corrected chi connectivity index (χ4v) is 4.91. The van der Waals surface area contributed by atoms with E-state index in [-0.39, 0.29) is 0 Å². The first kappa shape index (κ1) is 15.1. The molecule has 3 heterocycles. The molecule has 1 unspecified atom stereocenters. The smallest absolute Gasteiger partial charge is 0.138 e. The van der Waals surface area contributed by atoms with Crippen LogP contribution in [0.5, 0.6) is 0 Å². The van der Waals surface area contributed by atoms with Gasteiger partial charge < -0.3 is 5.11 Å². The summed E-state index contributed by atoms with van der Waals surface area (Å²) in [6.45, 7) is 5.17. The zero-order valence-electron chi connectivity index (χ0n) is 12.5. The lowest BCUT2D eigenvalue weighted by Crippen LogP contribution is -2.13. The van der Waals surface area contributed by atoms with Crippen LogP contribution in [0.3, 0.4) is 0 Å². The van der Waals surface area contributed by atoms with Gasteiger partial charge in [-0.2, -0.15) is 16.9 Å². The molecule has 0 aromatic carbocycles. The van der Waals surface area contributed by atoms with Gasteiger partial charge in [-0.05, 0) is 29.7 Å². The van der Waals surface area contributed by atoms with Crippen LogP contribution in [0, 0.1) is 5.92 Å². The Hall–Kier alpha value is -0.850. The first-order valence-corrected chi connectivity index (χ1v) is 9.34. The van der Waals surface area contributed by atoms with Gasteiger partial charge in [0, 0.05) is 28.5 Å². The molecule has 0 amide bonds. The number of nitrogens with zero attached hydrogens (tertiary/aromatic N) is 3. The third-order valence-electron chi connectivity index (χ3n) is 3.58. The van der Waals surface area contributed by atoms with Gasteiger partial charge in [0.25, 0.3) is 0 Å². The molecule has 0 saturated carbocycles. The summed E-state index contributed by atoms with van der Waals surface area (Å²) in [5, 5.41) is 14.8. The van der Waals surface area contributed by atoms with Gasteiger partial charge in [-0.15, -0.1) is 11.3 Å². The number of rotatable bonds is 5. The van der Waals surface area contributed by atoms with Crippen LogP contribution < -0.4 is 0 Å². The summed E-state index contributed by atoms with van der Waals surface area (Å²) >= 11 is 3.74. The highest BCUT2D eigenvalue weighted by Crippen LogP contribution is 2.35. The maximum atomic E-state index is 10.5. The number of thioether (sulfide) groups is 1. The van der Waals surface area contributed by atoms with Crippen LogP contribution in [0.25, 0.3) is 0 Å². The van der Waals surface area contributed by atoms with E-state index in [2.05, 4.69) is 30.0 Å². The molecule has 4 nitrogen and oxygen atoms in total. The lowest BCUT2D eigenvalue weighted by molar-refractivity contribution is 0.177. The quantitative estimate of drug-likeness (QED) is 0.919. The lowest BCUT2D eigenvalue weighted by atomic mass is 10.1. The Bertz CT molecular complexity index is 582. The summed E-state index contributed by atoms with van der Waals surface area (Å²) < 4.78 is 1.91. The second-order valence-corrected chi connectivity index (χ2v) is 8.15. The molecule has 0 fully saturated rings. The summed E-state index contributed by atoms with van der Waals surface area (Å²) in [7, 11) is 0. The Kier molecular flexibility index (Phi) is 4.66. The summed E-state index contributed by atoms with van der Waals surface area (Å²) in [6, 6.07) is 2.18. The largest absolute Gasteiger partial charge is 0.387 e. The maximum Gasteiger partial charge on any atom is 0.138 e. The van der Waals surface area contributed by atoms with Crippen LogP contribution in [0.4, 0.5) is 0 Å². The van der Waals surface area contributed by atoms with Crippen molar-refractivity contribution >= 4 is 23.1 Å². The van der Waals surface area contributed by atoms with Crippen molar-refractivity contribution in [3.8, 4) is 0 Å². The molecule has 1 atom stereocenters. The van der Waals surface area contributed by atoms with Gasteiger partial charge >= 0.3 is 0 Å². The number of aliphatic hydroxyl groups excluding tert-OH is 1. The SMILES string of the molecule is CC(C)Cn1ncnc1CC(O)c1cc2c(s1)CCSC2. The molecule has 1 N–H and O–H groups in total. The van der Waals surface area contributed by atoms with E-state index >= 15 is 0 Å². The summed E-state index contributed by atoms with van der Waals surface area (Å²) in [6.07, 6.45) is 2.79. The summed E-state index contributed by atoms with van der Waals surface area (Å²) in [4.78, 5) is 6.83. The van der Waals surface area contributed by atoms with E-state index in [4.69, 9.17) is 0 Å². The van der Waals surface area contributed by atoms with E-state index in [0.717, 1.165) is 29.4 Å². The fraction of sp³-hybridized carbons (Fsp3) is 0.600. The number of aromatic nitrogens is 3. The monoisotopic (exact) mass is 323 g/mol. The Morgan fingerprint density at radius 3 is 3.05 bits per heavy atom. The third kappa shape index (κ3) is 3.49. The molecular weight excluding hydrogens is 302 g/mol. The van der Waals surface area contributed by atoms with E-state index in [1.807, 2.05) is 16.4 Å². The molecule has 0 aliphatic carbocycles. The third-order valence-corrected chi connectivity index (χ3v) is 5.93. The first-order valence-electron chi connectivity index (χ1n) is 7.37. The molecule has 2 aromatic rings. The van der Waals surface area contributed by atoms with Crippen LogP contribution in [0.2, 0.25) is 0 Å². The molecular formula is C15H21N3OS2. The molecule has 0 spiro atoms. The van der Waals surface area contributed by atoms with Crippen molar-refractivity contribution in [3.05, 3.63) is 33.5 Å². The van der Waals surface area contributed by atoms with Crippen molar-refractivity contribution < 1.29 is 5.11 Å². The van der Waals surface area contributed by atoms with Gasteiger partial charge in [0.05, 0.1) is 6.10 Å². The molecule has 2 aromatic heterocycles. The predicted molar refractivity (Wildman–Crippen MR) is 87.7 cm³/mol. The molecule has 0 bridgehead atoms. The summed E-state index contributed by atoms with van der Waals surface area (Å²) in [5.74, 6) is 3.68. The van der Waals surface area contributed by atoms with Crippen LogP contribution in [0.15, 0.2) is 12.4 Å². The van der Waals surface area contributed by atoms with Crippen LogP contribution in [-0.4, -0.2) is 25.6 Å². The molecule has 3 rings (SSSR count). The van der Waals surface area contributed by atoms with Gasteiger partial charge in [0.15, 0.2) is 0 Å². The van der Waals surface area contributed by atoms with Gasteiger partial charge in [-0.25, -0.2) is 9.67 Å². The van der Waals surface area contributed by atoms with Crippen molar-refractivity contribution in [1.82, 2.24) is 14.8 Å². The van der Waals surface area contributed by atoms with Crippen molar-refractivity contribution in [2.45, 2.75) is 45.1 Å². The minimum absolute atomic E-state index is 0.472. The second kappa shape index (κ2) is 6.50. The normalized spacial score (nSPS) is 16.2. The molecule has 1 aliphatic heterocycles. The number of thiophene rings is 1. The van der Waals surface area contributed by atoms with Gasteiger partial charge in [-0.1, -0.05) is 13.8 Å². The van der Waals surface area contributed by atoms with E-state index < -0.39 is 6.10 Å². The fourth-order valence-electron chi connectivity index (χ4n) is 2.55.